The number of rotatable bonds is 3. The SMILES string of the molecule is FC(F)(F)c1ccnc(C2=NC(c3ccccc3)C(c3ccccc3)O2)c1. The lowest BCUT2D eigenvalue weighted by atomic mass is 9.97. The molecule has 2 atom stereocenters. The number of aliphatic imine (C=N–C) groups is 1. The minimum atomic E-state index is -4.45. The Balaban J connectivity index is 1.74. The van der Waals surface area contributed by atoms with Crippen molar-refractivity contribution < 1.29 is 17.9 Å². The zero-order valence-corrected chi connectivity index (χ0v) is 14.1. The van der Waals surface area contributed by atoms with E-state index in [2.05, 4.69) is 9.98 Å². The Morgan fingerprint density at radius 3 is 2.07 bits per heavy atom. The van der Waals surface area contributed by atoms with Crippen LogP contribution in [-0.4, -0.2) is 10.9 Å². The number of pyridine rings is 1. The Labute approximate surface area is 154 Å². The molecule has 2 heterocycles. The minimum absolute atomic E-state index is 0.0733. The van der Waals surface area contributed by atoms with Crippen molar-refractivity contribution in [2.24, 2.45) is 4.99 Å². The van der Waals surface area contributed by atoms with Crippen molar-refractivity contribution in [1.82, 2.24) is 4.98 Å². The molecule has 136 valence electrons. The quantitative estimate of drug-likeness (QED) is 0.624. The topological polar surface area (TPSA) is 34.5 Å². The zero-order chi connectivity index (χ0) is 18.9. The number of aromatic nitrogens is 1. The van der Waals surface area contributed by atoms with Gasteiger partial charge >= 0.3 is 6.18 Å². The van der Waals surface area contributed by atoms with Crippen LogP contribution in [0.15, 0.2) is 84.0 Å². The third-order valence-corrected chi connectivity index (χ3v) is 4.36. The number of hydrogen-bond donors (Lipinski definition) is 0. The average molecular weight is 368 g/mol. The van der Waals surface area contributed by atoms with Gasteiger partial charge in [-0.15, -0.1) is 0 Å². The first-order chi connectivity index (χ1) is 13.0. The van der Waals surface area contributed by atoms with E-state index in [-0.39, 0.29) is 17.6 Å². The molecule has 1 aliphatic rings. The van der Waals surface area contributed by atoms with E-state index >= 15 is 0 Å². The highest BCUT2D eigenvalue weighted by molar-refractivity contribution is 5.93. The number of nitrogens with zero attached hydrogens (tertiary/aromatic N) is 2. The predicted molar refractivity (Wildman–Crippen MR) is 95.2 cm³/mol. The number of ether oxygens (including phenoxy) is 1. The summed E-state index contributed by atoms with van der Waals surface area (Å²) in [5.74, 6) is 0.115. The molecule has 0 saturated carbocycles. The molecule has 0 bridgehead atoms. The third kappa shape index (κ3) is 3.56. The predicted octanol–water partition coefficient (Wildman–Crippen LogP) is 5.36. The number of alkyl halides is 3. The number of halogens is 3. The summed E-state index contributed by atoms with van der Waals surface area (Å²) in [6.07, 6.45) is -3.76. The normalized spacial score (nSPS) is 19.4. The molecule has 0 amide bonds. The second kappa shape index (κ2) is 6.87. The summed E-state index contributed by atoms with van der Waals surface area (Å²) in [5.41, 5.74) is 1.12. The second-order valence-electron chi connectivity index (χ2n) is 6.17. The molecule has 1 aromatic heterocycles. The van der Waals surface area contributed by atoms with Crippen molar-refractivity contribution >= 4 is 5.90 Å². The van der Waals surface area contributed by atoms with Gasteiger partial charge in [-0.3, -0.25) is 4.98 Å². The lowest BCUT2D eigenvalue weighted by Gasteiger charge is -2.18. The van der Waals surface area contributed by atoms with Crippen LogP contribution >= 0.6 is 0 Å². The fourth-order valence-corrected chi connectivity index (χ4v) is 3.05. The Morgan fingerprint density at radius 2 is 1.44 bits per heavy atom. The van der Waals surface area contributed by atoms with E-state index in [1.165, 1.54) is 0 Å². The zero-order valence-electron chi connectivity index (χ0n) is 14.1. The molecule has 0 N–H and O–H groups in total. The highest BCUT2D eigenvalue weighted by atomic mass is 19.4. The fourth-order valence-electron chi connectivity index (χ4n) is 3.05. The molecule has 0 spiro atoms. The van der Waals surface area contributed by atoms with E-state index < -0.39 is 17.8 Å². The first-order valence-electron chi connectivity index (χ1n) is 8.40. The van der Waals surface area contributed by atoms with Crippen LogP contribution in [0.3, 0.4) is 0 Å². The molecule has 0 fully saturated rings. The van der Waals surface area contributed by atoms with Crippen LogP contribution in [-0.2, 0) is 10.9 Å². The monoisotopic (exact) mass is 368 g/mol. The van der Waals surface area contributed by atoms with Crippen molar-refractivity contribution in [2.75, 3.05) is 0 Å². The Morgan fingerprint density at radius 1 is 0.815 bits per heavy atom. The molecular weight excluding hydrogens is 353 g/mol. The lowest BCUT2D eigenvalue weighted by molar-refractivity contribution is -0.137. The van der Waals surface area contributed by atoms with Crippen LogP contribution in [0.4, 0.5) is 13.2 Å². The Hall–Kier alpha value is -3.15. The molecule has 1 aliphatic heterocycles. The van der Waals surface area contributed by atoms with Gasteiger partial charge in [0.25, 0.3) is 0 Å². The molecule has 0 radical (unpaired) electrons. The van der Waals surface area contributed by atoms with E-state index in [4.69, 9.17) is 4.74 Å². The maximum absolute atomic E-state index is 13.0. The summed E-state index contributed by atoms with van der Waals surface area (Å²) >= 11 is 0. The summed E-state index contributed by atoms with van der Waals surface area (Å²) in [4.78, 5) is 8.61. The fraction of sp³-hybridized carbons (Fsp3) is 0.143. The molecule has 0 saturated heterocycles. The van der Waals surface area contributed by atoms with Gasteiger partial charge in [0, 0.05) is 6.20 Å². The Kier molecular flexibility index (Phi) is 4.39. The van der Waals surface area contributed by atoms with E-state index in [0.29, 0.717) is 0 Å². The van der Waals surface area contributed by atoms with Gasteiger partial charge in [-0.2, -0.15) is 13.2 Å². The summed E-state index contributed by atoms with van der Waals surface area (Å²) in [7, 11) is 0. The summed E-state index contributed by atoms with van der Waals surface area (Å²) in [6.45, 7) is 0. The van der Waals surface area contributed by atoms with Crippen LogP contribution < -0.4 is 0 Å². The molecule has 6 heteroatoms. The highest BCUT2D eigenvalue weighted by Crippen LogP contribution is 2.41. The number of hydrogen-bond acceptors (Lipinski definition) is 3. The summed E-state index contributed by atoms with van der Waals surface area (Å²) < 4.78 is 45.1. The van der Waals surface area contributed by atoms with E-state index in [0.717, 1.165) is 29.5 Å². The number of benzene rings is 2. The van der Waals surface area contributed by atoms with E-state index in [9.17, 15) is 13.2 Å². The van der Waals surface area contributed by atoms with Gasteiger partial charge in [-0.25, -0.2) is 4.99 Å². The molecule has 2 unspecified atom stereocenters. The van der Waals surface area contributed by atoms with Crippen LogP contribution in [0.2, 0.25) is 0 Å². The van der Waals surface area contributed by atoms with Crippen LogP contribution in [0.5, 0.6) is 0 Å². The van der Waals surface area contributed by atoms with Crippen LogP contribution in [0, 0.1) is 0 Å². The molecule has 2 aromatic carbocycles. The van der Waals surface area contributed by atoms with Crippen molar-refractivity contribution in [3.8, 4) is 0 Å². The van der Waals surface area contributed by atoms with Gasteiger partial charge < -0.3 is 4.74 Å². The van der Waals surface area contributed by atoms with Crippen LogP contribution in [0.25, 0.3) is 0 Å². The van der Waals surface area contributed by atoms with Crippen LogP contribution in [0.1, 0.15) is 34.5 Å². The molecule has 0 aliphatic carbocycles. The summed E-state index contributed by atoms with van der Waals surface area (Å²) in [5, 5.41) is 0. The molecule has 3 nitrogen and oxygen atoms in total. The molecule has 27 heavy (non-hydrogen) atoms. The van der Waals surface area contributed by atoms with Gasteiger partial charge in [-0.1, -0.05) is 60.7 Å². The third-order valence-electron chi connectivity index (χ3n) is 4.36. The first-order valence-corrected chi connectivity index (χ1v) is 8.40. The average Bonchev–Trinajstić information content (AvgIpc) is 3.14. The maximum Gasteiger partial charge on any atom is 0.416 e. The van der Waals surface area contributed by atoms with Crippen molar-refractivity contribution in [3.63, 3.8) is 0 Å². The van der Waals surface area contributed by atoms with Crippen molar-refractivity contribution in [1.29, 1.82) is 0 Å². The second-order valence-corrected chi connectivity index (χ2v) is 6.17. The maximum atomic E-state index is 13.0. The van der Waals surface area contributed by atoms with Gasteiger partial charge in [-0.05, 0) is 23.3 Å². The largest absolute Gasteiger partial charge is 0.465 e. The van der Waals surface area contributed by atoms with Crippen molar-refractivity contribution in [3.05, 3.63) is 101 Å². The molecule has 3 aromatic rings. The minimum Gasteiger partial charge on any atom is -0.465 e. The lowest BCUT2D eigenvalue weighted by Crippen LogP contribution is -2.12. The van der Waals surface area contributed by atoms with Gasteiger partial charge in [0.1, 0.15) is 11.7 Å². The smallest absolute Gasteiger partial charge is 0.416 e. The van der Waals surface area contributed by atoms with E-state index in [1.807, 2.05) is 60.7 Å². The molecular formula is C21H15F3N2O. The van der Waals surface area contributed by atoms with Gasteiger partial charge in [0.15, 0.2) is 6.10 Å². The van der Waals surface area contributed by atoms with Gasteiger partial charge in [0.2, 0.25) is 5.90 Å². The van der Waals surface area contributed by atoms with Gasteiger partial charge in [0.05, 0.1) is 5.56 Å². The van der Waals surface area contributed by atoms with E-state index in [1.54, 1.807) is 0 Å². The first kappa shape index (κ1) is 17.3. The standard InChI is InChI=1S/C21H15F3N2O/c22-21(23,24)16-11-12-25-17(13-16)20-26-18(14-7-3-1-4-8-14)19(27-20)15-9-5-2-6-10-15/h1-13,18-19H. The summed E-state index contributed by atoms with van der Waals surface area (Å²) in [6, 6.07) is 20.6. The Bertz CT molecular complexity index is 956. The molecule has 4 rings (SSSR count). The van der Waals surface area contributed by atoms with Crippen molar-refractivity contribution in [2.45, 2.75) is 18.3 Å². The highest BCUT2D eigenvalue weighted by Gasteiger charge is 2.36.